The number of hydrogen-bond acceptors (Lipinski definition) is 3. The number of benzene rings is 2. The molecule has 0 aliphatic rings. The Morgan fingerprint density at radius 3 is 2.53 bits per heavy atom. The topological polar surface area (TPSA) is 52.3 Å². The van der Waals surface area contributed by atoms with Crippen molar-refractivity contribution in [2.75, 3.05) is 12.8 Å². The van der Waals surface area contributed by atoms with Gasteiger partial charge in [0.1, 0.15) is 5.75 Å². The van der Waals surface area contributed by atoms with Crippen molar-refractivity contribution < 1.29 is 9.53 Å². The number of carbonyl (C=O) groups excluding carboxylic acids is 1. The first-order chi connectivity index (χ1) is 9.19. The molecule has 0 aliphatic heterocycles. The molecule has 0 spiro atoms. The largest absolute Gasteiger partial charge is 0.497 e. The van der Waals surface area contributed by atoms with Gasteiger partial charge in [-0.15, -0.1) is 0 Å². The lowest BCUT2D eigenvalue weighted by molar-refractivity contribution is 0.104. The Morgan fingerprint density at radius 1 is 1.16 bits per heavy atom. The summed E-state index contributed by atoms with van der Waals surface area (Å²) in [5.74, 6) is 0.724. The molecular formula is C16H15NO2. The maximum Gasteiger partial charge on any atom is 0.185 e. The third kappa shape index (κ3) is 3.45. The lowest BCUT2D eigenvalue weighted by Gasteiger charge is -1.99. The Kier molecular flexibility index (Phi) is 3.98. The molecule has 19 heavy (non-hydrogen) atoms. The van der Waals surface area contributed by atoms with E-state index in [-0.39, 0.29) is 5.78 Å². The van der Waals surface area contributed by atoms with Crippen LogP contribution in [0.4, 0.5) is 5.69 Å². The Bertz CT molecular complexity index is 600. The molecule has 2 N–H and O–H groups in total. The molecule has 96 valence electrons. The van der Waals surface area contributed by atoms with Crippen molar-refractivity contribution in [2.24, 2.45) is 0 Å². The molecule has 0 atom stereocenters. The Labute approximate surface area is 112 Å². The first-order valence-electron chi connectivity index (χ1n) is 5.91. The number of allylic oxidation sites excluding steroid dienone is 1. The fourth-order valence-electron chi connectivity index (χ4n) is 1.68. The van der Waals surface area contributed by atoms with Crippen LogP contribution in [0.2, 0.25) is 0 Å². The van der Waals surface area contributed by atoms with Crippen LogP contribution < -0.4 is 10.5 Å². The number of ketones is 1. The van der Waals surface area contributed by atoms with Gasteiger partial charge in [0.05, 0.1) is 7.11 Å². The van der Waals surface area contributed by atoms with E-state index in [9.17, 15) is 4.79 Å². The zero-order valence-electron chi connectivity index (χ0n) is 10.7. The first-order valence-corrected chi connectivity index (χ1v) is 5.91. The quantitative estimate of drug-likeness (QED) is 0.517. The number of ether oxygens (including phenoxy) is 1. The highest BCUT2D eigenvalue weighted by Crippen LogP contribution is 2.13. The lowest BCUT2D eigenvalue weighted by Crippen LogP contribution is -1.95. The predicted octanol–water partition coefficient (Wildman–Crippen LogP) is 3.17. The van der Waals surface area contributed by atoms with Gasteiger partial charge in [0.2, 0.25) is 0 Å². The third-order valence-electron chi connectivity index (χ3n) is 2.71. The van der Waals surface area contributed by atoms with Crippen LogP contribution in [-0.2, 0) is 0 Å². The zero-order valence-corrected chi connectivity index (χ0v) is 10.7. The number of hydrogen-bond donors (Lipinski definition) is 1. The summed E-state index contributed by atoms with van der Waals surface area (Å²) in [6.45, 7) is 0. The smallest absolute Gasteiger partial charge is 0.185 e. The van der Waals surface area contributed by atoms with Gasteiger partial charge < -0.3 is 10.5 Å². The van der Waals surface area contributed by atoms with E-state index < -0.39 is 0 Å². The van der Waals surface area contributed by atoms with Gasteiger partial charge in [0.15, 0.2) is 5.78 Å². The van der Waals surface area contributed by atoms with Gasteiger partial charge >= 0.3 is 0 Å². The molecule has 0 saturated carbocycles. The summed E-state index contributed by atoms with van der Waals surface area (Å²) >= 11 is 0. The molecule has 0 heterocycles. The van der Waals surface area contributed by atoms with Gasteiger partial charge in [-0.05, 0) is 35.9 Å². The standard InChI is InChI=1S/C16H15NO2/c1-19-15-8-5-12(6-9-15)7-10-16(18)13-3-2-4-14(17)11-13/h2-11H,17H2,1H3/b10-7+. The van der Waals surface area contributed by atoms with E-state index in [0.29, 0.717) is 11.3 Å². The maximum absolute atomic E-state index is 11.9. The SMILES string of the molecule is COc1ccc(/C=C/C(=O)c2cccc(N)c2)cc1. The van der Waals surface area contributed by atoms with Gasteiger partial charge in [0, 0.05) is 11.3 Å². The number of nitrogens with two attached hydrogens (primary N) is 1. The van der Waals surface area contributed by atoms with Crippen LogP contribution in [0.15, 0.2) is 54.6 Å². The van der Waals surface area contributed by atoms with Crippen molar-refractivity contribution in [1.29, 1.82) is 0 Å². The van der Waals surface area contributed by atoms with Crippen molar-refractivity contribution >= 4 is 17.5 Å². The van der Waals surface area contributed by atoms with Gasteiger partial charge in [0.25, 0.3) is 0 Å². The Morgan fingerprint density at radius 2 is 1.89 bits per heavy atom. The maximum atomic E-state index is 11.9. The average molecular weight is 253 g/mol. The summed E-state index contributed by atoms with van der Waals surface area (Å²) in [5, 5.41) is 0. The molecule has 0 aliphatic carbocycles. The van der Waals surface area contributed by atoms with E-state index in [1.807, 2.05) is 24.3 Å². The minimum atomic E-state index is -0.0666. The van der Waals surface area contributed by atoms with Crippen molar-refractivity contribution in [1.82, 2.24) is 0 Å². The van der Waals surface area contributed by atoms with Crippen LogP contribution in [0.5, 0.6) is 5.75 Å². The molecule has 3 heteroatoms. The number of rotatable bonds is 4. The van der Waals surface area contributed by atoms with Gasteiger partial charge in [-0.2, -0.15) is 0 Å². The number of anilines is 1. The Hall–Kier alpha value is -2.55. The molecule has 0 amide bonds. The molecule has 0 fully saturated rings. The number of methoxy groups -OCH3 is 1. The predicted molar refractivity (Wildman–Crippen MR) is 77.2 cm³/mol. The van der Waals surface area contributed by atoms with Crippen molar-refractivity contribution in [3.05, 3.63) is 65.7 Å². The summed E-state index contributed by atoms with van der Waals surface area (Å²) < 4.78 is 5.07. The highest BCUT2D eigenvalue weighted by molar-refractivity contribution is 6.07. The van der Waals surface area contributed by atoms with Gasteiger partial charge in [-0.3, -0.25) is 4.79 Å². The molecule has 0 bridgehead atoms. The summed E-state index contributed by atoms with van der Waals surface area (Å²) in [6.07, 6.45) is 3.31. The molecule has 0 unspecified atom stereocenters. The molecule has 3 nitrogen and oxygen atoms in total. The van der Waals surface area contributed by atoms with E-state index >= 15 is 0 Å². The first kappa shape index (κ1) is 12.9. The number of carbonyl (C=O) groups is 1. The van der Waals surface area contributed by atoms with Crippen LogP contribution in [0.1, 0.15) is 15.9 Å². The van der Waals surface area contributed by atoms with Crippen molar-refractivity contribution in [2.45, 2.75) is 0 Å². The van der Waals surface area contributed by atoms with Crippen LogP contribution in [-0.4, -0.2) is 12.9 Å². The average Bonchev–Trinajstić information content (AvgIpc) is 2.45. The van der Waals surface area contributed by atoms with Crippen LogP contribution in [0.3, 0.4) is 0 Å². The molecule has 0 radical (unpaired) electrons. The second-order valence-electron chi connectivity index (χ2n) is 4.10. The van der Waals surface area contributed by atoms with Crippen LogP contribution >= 0.6 is 0 Å². The normalized spacial score (nSPS) is 10.6. The monoisotopic (exact) mass is 253 g/mol. The minimum absolute atomic E-state index is 0.0666. The van der Waals surface area contributed by atoms with E-state index in [0.717, 1.165) is 11.3 Å². The van der Waals surface area contributed by atoms with E-state index in [1.165, 1.54) is 6.08 Å². The molecule has 0 saturated heterocycles. The van der Waals surface area contributed by atoms with Crippen LogP contribution in [0, 0.1) is 0 Å². The summed E-state index contributed by atoms with van der Waals surface area (Å²) in [6, 6.07) is 14.4. The fraction of sp³-hybridized carbons (Fsp3) is 0.0625. The molecule has 0 aromatic heterocycles. The number of nitrogen functional groups attached to an aromatic ring is 1. The van der Waals surface area contributed by atoms with Crippen molar-refractivity contribution in [3.8, 4) is 5.75 Å². The Balaban J connectivity index is 2.11. The zero-order chi connectivity index (χ0) is 13.7. The minimum Gasteiger partial charge on any atom is -0.497 e. The van der Waals surface area contributed by atoms with Crippen LogP contribution in [0.25, 0.3) is 6.08 Å². The highest BCUT2D eigenvalue weighted by Gasteiger charge is 2.01. The van der Waals surface area contributed by atoms with Crippen molar-refractivity contribution in [3.63, 3.8) is 0 Å². The molecule has 2 aromatic carbocycles. The second kappa shape index (κ2) is 5.87. The molecule has 2 rings (SSSR count). The van der Waals surface area contributed by atoms with Gasteiger partial charge in [-0.1, -0.05) is 30.3 Å². The van der Waals surface area contributed by atoms with E-state index in [1.54, 1.807) is 37.5 Å². The lowest BCUT2D eigenvalue weighted by atomic mass is 10.1. The second-order valence-corrected chi connectivity index (χ2v) is 4.10. The molecule has 2 aromatic rings. The summed E-state index contributed by atoms with van der Waals surface area (Å²) in [5.41, 5.74) is 7.76. The summed E-state index contributed by atoms with van der Waals surface area (Å²) in [7, 11) is 1.62. The highest BCUT2D eigenvalue weighted by atomic mass is 16.5. The summed E-state index contributed by atoms with van der Waals surface area (Å²) in [4.78, 5) is 11.9. The third-order valence-corrected chi connectivity index (χ3v) is 2.71. The fourth-order valence-corrected chi connectivity index (χ4v) is 1.68. The molecular weight excluding hydrogens is 238 g/mol. The van der Waals surface area contributed by atoms with Gasteiger partial charge in [-0.25, -0.2) is 0 Å². The van der Waals surface area contributed by atoms with E-state index in [2.05, 4.69) is 0 Å². The van der Waals surface area contributed by atoms with E-state index in [4.69, 9.17) is 10.5 Å².